The molecule has 2 rings (SSSR count). The number of hydrogen-bond donors (Lipinski definition) is 2. The van der Waals surface area contributed by atoms with Crippen molar-refractivity contribution in [1.29, 1.82) is 0 Å². The van der Waals surface area contributed by atoms with E-state index < -0.39 is 0 Å². The van der Waals surface area contributed by atoms with E-state index in [-0.39, 0.29) is 6.61 Å². The van der Waals surface area contributed by atoms with Crippen LogP contribution in [0.2, 0.25) is 0 Å². The summed E-state index contributed by atoms with van der Waals surface area (Å²) >= 11 is 3.70. The number of hydrogen-bond acceptors (Lipinski definition) is 4. The Labute approximate surface area is 129 Å². The molecule has 0 aliphatic carbocycles. The van der Waals surface area contributed by atoms with E-state index in [1.54, 1.807) is 0 Å². The van der Waals surface area contributed by atoms with Crippen molar-refractivity contribution >= 4 is 21.6 Å². The van der Waals surface area contributed by atoms with Gasteiger partial charge in [-0.25, -0.2) is 0 Å². The molecule has 1 saturated heterocycles. The molecule has 0 bridgehead atoms. The number of nitrogens with zero attached hydrogens (tertiary/aromatic N) is 2. The Bertz CT molecular complexity index is 420. The summed E-state index contributed by atoms with van der Waals surface area (Å²) in [5.41, 5.74) is 2.58. The molecule has 1 aromatic rings. The minimum atomic E-state index is 0.253. The van der Waals surface area contributed by atoms with Crippen LogP contribution in [0.4, 0.5) is 5.69 Å². The second kappa shape index (κ2) is 7.98. The van der Waals surface area contributed by atoms with Crippen LogP contribution in [0.3, 0.4) is 0 Å². The number of aliphatic hydroxyl groups excluding tert-OH is 1. The highest BCUT2D eigenvalue weighted by molar-refractivity contribution is 9.10. The zero-order chi connectivity index (χ0) is 14.4. The number of rotatable bonds is 6. The van der Waals surface area contributed by atoms with Gasteiger partial charge in [0.15, 0.2) is 0 Å². The summed E-state index contributed by atoms with van der Waals surface area (Å²) < 4.78 is 1.17. The van der Waals surface area contributed by atoms with Crippen molar-refractivity contribution in [2.75, 3.05) is 50.8 Å². The Hall–Kier alpha value is -0.620. The van der Waals surface area contributed by atoms with Crippen LogP contribution in [0.1, 0.15) is 12.5 Å². The zero-order valence-electron chi connectivity index (χ0n) is 12.1. The number of nitrogens with one attached hydrogen (secondary N) is 1. The largest absolute Gasteiger partial charge is 0.395 e. The van der Waals surface area contributed by atoms with Gasteiger partial charge in [0.25, 0.3) is 0 Å². The summed E-state index contributed by atoms with van der Waals surface area (Å²) in [7, 11) is 0. The van der Waals surface area contributed by atoms with Crippen molar-refractivity contribution in [1.82, 2.24) is 10.2 Å². The van der Waals surface area contributed by atoms with Crippen molar-refractivity contribution in [3.05, 3.63) is 28.2 Å². The van der Waals surface area contributed by atoms with E-state index in [0.717, 1.165) is 45.8 Å². The van der Waals surface area contributed by atoms with Gasteiger partial charge in [0, 0.05) is 43.7 Å². The van der Waals surface area contributed by atoms with Gasteiger partial charge >= 0.3 is 0 Å². The fourth-order valence-corrected chi connectivity index (χ4v) is 3.22. The third kappa shape index (κ3) is 4.19. The number of β-amino-alcohol motifs (C(OH)–C–C–N with tert-alkyl or cyclic N) is 1. The smallest absolute Gasteiger partial charge is 0.0558 e. The third-order valence-electron chi connectivity index (χ3n) is 3.72. The molecule has 0 spiro atoms. The molecule has 2 N–H and O–H groups in total. The van der Waals surface area contributed by atoms with Crippen LogP contribution in [0.25, 0.3) is 0 Å². The van der Waals surface area contributed by atoms with E-state index >= 15 is 0 Å². The summed E-state index contributed by atoms with van der Waals surface area (Å²) in [6.07, 6.45) is 0. The van der Waals surface area contributed by atoms with Crippen LogP contribution in [-0.4, -0.2) is 55.9 Å². The van der Waals surface area contributed by atoms with Gasteiger partial charge in [0.2, 0.25) is 0 Å². The first-order valence-electron chi connectivity index (χ1n) is 7.32. The highest BCUT2D eigenvalue weighted by Crippen LogP contribution is 2.28. The average molecular weight is 342 g/mol. The summed E-state index contributed by atoms with van der Waals surface area (Å²) in [5.74, 6) is 0. The molecule has 1 aliphatic rings. The molecule has 0 amide bonds. The Morgan fingerprint density at radius 1 is 1.25 bits per heavy atom. The van der Waals surface area contributed by atoms with Gasteiger partial charge in [0.05, 0.1) is 12.3 Å². The summed E-state index contributed by atoms with van der Waals surface area (Å²) in [6.45, 7) is 9.15. The molecule has 0 unspecified atom stereocenters. The van der Waals surface area contributed by atoms with E-state index in [4.69, 9.17) is 5.11 Å². The lowest BCUT2D eigenvalue weighted by Crippen LogP contribution is -2.47. The Kier molecular flexibility index (Phi) is 6.29. The molecule has 1 aliphatic heterocycles. The summed E-state index contributed by atoms with van der Waals surface area (Å²) in [6, 6.07) is 6.61. The lowest BCUT2D eigenvalue weighted by Gasteiger charge is -2.36. The fourth-order valence-electron chi connectivity index (χ4n) is 2.54. The van der Waals surface area contributed by atoms with Gasteiger partial charge < -0.3 is 15.3 Å². The van der Waals surface area contributed by atoms with Gasteiger partial charge in [-0.2, -0.15) is 0 Å². The van der Waals surface area contributed by atoms with Gasteiger partial charge in [-0.1, -0.05) is 13.0 Å². The van der Waals surface area contributed by atoms with Crippen LogP contribution in [-0.2, 0) is 6.54 Å². The summed E-state index contributed by atoms with van der Waals surface area (Å²) in [5, 5.41) is 12.3. The molecule has 112 valence electrons. The van der Waals surface area contributed by atoms with Crippen LogP contribution >= 0.6 is 15.9 Å². The van der Waals surface area contributed by atoms with Crippen LogP contribution < -0.4 is 10.2 Å². The highest BCUT2D eigenvalue weighted by atomic mass is 79.9. The van der Waals surface area contributed by atoms with Crippen molar-refractivity contribution in [3.8, 4) is 0 Å². The minimum Gasteiger partial charge on any atom is -0.395 e. The maximum Gasteiger partial charge on any atom is 0.0558 e. The van der Waals surface area contributed by atoms with Gasteiger partial charge in [-0.15, -0.1) is 0 Å². The summed E-state index contributed by atoms with van der Waals surface area (Å²) in [4.78, 5) is 4.72. The second-order valence-corrected chi connectivity index (χ2v) is 5.97. The molecule has 4 nitrogen and oxygen atoms in total. The molecule has 1 aromatic carbocycles. The van der Waals surface area contributed by atoms with E-state index in [1.165, 1.54) is 15.7 Å². The van der Waals surface area contributed by atoms with E-state index in [0.29, 0.717) is 0 Å². The fraction of sp³-hybridized carbons (Fsp3) is 0.600. The van der Waals surface area contributed by atoms with Gasteiger partial charge in [-0.05, 0) is 40.2 Å². The van der Waals surface area contributed by atoms with Crippen molar-refractivity contribution < 1.29 is 5.11 Å². The number of piperazine rings is 1. The van der Waals surface area contributed by atoms with Crippen molar-refractivity contribution in [2.45, 2.75) is 13.5 Å². The van der Waals surface area contributed by atoms with E-state index in [2.05, 4.69) is 56.2 Å². The molecule has 0 atom stereocenters. The lowest BCUT2D eigenvalue weighted by atomic mass is 10.1. The lowest BCUT2D eigenvalue weighted by molar-refractivity contribution is 0.188. The van der Waals surface area contributed by atoms with Crippen LogP contribution in [0.15, 0.2) is 22.7 Å². The third-order valence-corrected chi connectivity index (χ3v) is 4.36. The van der Waals surface area contributed by atoms with Gasteiger partial charge in [-0.3, -0.25) is 4.90 Å². The van der Waals surface area contributed by atoms with Crippen molar-refractivity contribution in [2.24, 2.45) is 0 Å². The second-order valence-electron chi connectivity index (χ2n) is 5.12. The Balaban J connectivity index is 1.96. The highest BCUT2D eigenvalue weighted by Gasteiger charge is 2.18. The molecule has 5 heteroatoms. The molecular weight excluding hydrogens is 318 g/mol. The standard InChI is InChI=1S/C15H24BrN3O/c1-2-17-12-13-3-4-15(14(16)11-13)19-7-5-18(6-8-19)9-10-20/h3-4,11,17,20H,2,5-10,12H2,1H3. The SMILES string of the molecule is CCNCc1ccc(N2CCN(CCO)CC2)c(Br)c1. The molecule has 20 heavy (non-hydrogen) atoms. The minimum absolute atomic E-state index is 0.253. The predicted molar refractivity (Wildman–Crippen MR) is 87.3 cm³/mol. The zero-order valence-corrected chi connectivity index (χ0v) is 13.7. The van der Waals surface area contributed by atoms with Gasteiger partial charge in [0.1, 0.15) is 0 Å². The number of aliphatic hydroxyl groups is 1. The van der Waals surface area contributed by atoms with E-state index in [1.807, 2.05) is 0 Å². The average Bonchev–Trinajstić information content (AvgIpc) is 2.47. The number of benzene rings is 1. The monoisotopic (exact) mass is 341 g/mol. The first-order chi connectivity index (χ1) is 9.74. The quantitative estimate of drug-likeness (QED) is 0.825. The molecule has 1 fully saturated rings. The molecule has 0 saturated carbocycles. The molecular formula is C15H24BrN3O. The normalized spacial score (nSPS) is 16.6. The van der Waals surface area contributed by atoms with E-state index in [9.17, 15) is 0 Å². The molecule has 0 aromatic heterocycles. The van der Waals surface area contributed by atoms with Crippen molar-refractivity contribution in [3.63, 3.8) is 0 Å². The topological polar surface area (TPSA) is 38.7 Å². The molecule has 0 radical (unpaired) electrons. The first kappa shape index (κ1) is 15.8. The Morgan fingerprint density at radius 3 is 2.60 bits per heavy atom. The Morgan fingerprint density at radius 2 is 2.00 bits per heavy atom. The molecule has 1 heterocycles. The first-order valence-corrected chi connectivity index (χ1v) is 8.11. The van der Waals surface area contributed by atoms with Crippen LogP contribution in [0, 0.1) is 0 Å². The van der Waals surface area contributed by atoms with Crippen LogP contribution in [0.5, 0.6) is 0 Å². The maximum absolute atomic E-state index is 8.98. The number of anilines is 1. The number of halogens is 1. The predicted octanol–water partition coefficient (Wildman–Crippen LogP) is 1.67. The maximum atomic E-state index is 8.98.